The molecule has 2 N–H and O–H groups in total. The fourth-order valence-corrected chi connectivity index (χ4v) is 6.96. The van der Waals surface area contributed by atoms with Crippen molar-refractivity contribution in [1.29, 1.82) is 0 Å². The molecule has 0 fully saturated rings. The molecule has 0 aliphatic carbocycles. The molecule has 6 rings (SSSR count). The number of hydrogen-bond acceptors (Lipinski definition) is 7. The Morgan fingerprint density at radius 2 is 1.02 bits per heavy atom. The molecule has 0 aromatic heterocycles. The van der Waals surface area contributed by atoms with Crippen molar-refractivity contribution < 1.29 is 60.5 Å². The Hall–Kier alpha value is -5.67. The number of aliphatic hydroxyl groups is 2. The van der Waals surface area contributed by atoms with E-state index in [0.717, 1.165) is 29.2 Å². The van der Waals surface area contributed by atoms with Gasteiger partial charge in [-0.1, -0.05) is 36.4 Å². The Balaban J connectivity index is 1.41. The van der Waals surface area contributed by atoms with Gasteiger partial charge in [0.1, 0.15) is 0 Å². The second kappa shape index (κ2) is 12.7. The first-order valence-electron chi connectivity index (χ1n) is 16.7. The van der Waals surface area contributed by atoms with Gasteiger partial charge in [0, 0.05) is 23.7 Å². The summed E-state index contributed by atoms with van der Waals surface area (Å²) in [5.41, 5.74) is -8.76. The molecule has 0 bridgehead atoms. The normalized spacial score (nSPS) is 16.7. The zero-order chi connectivity index (χ0) is 40.9. The first-order valence-corrected chi connectivity index (χ1v) is 16.7. The summed E-state index contributed by atoms with van der Waals surface area (Å²) in [5.74, 6) is -4.02. The van der Waals surface area contributed by atoms with E-state index < -0.39 is 69.8 Å². The van der Waals surface area contributed by atoms with Crippen molar-refractivity contribution >= 4 is 35.1 Å². The van der Waals surface area contributed by atoms with E-state index in [1.54, 1.807) is 0 Å². The molecule has 4 aromatic rings. The van der Waals surface area contributed by atoms with Crippen molar-refractivity contribution in [3.63, 3.8) is 0 Å². The van der Waals surface area contributed by atoms with E-state index in [-0.39, 0.29) is 62.1 Å². The topological polar surface area (TPSA) is 132 Å². The van der Waals surface area contributed by atoms with E-state index in [9.17, 15) is 60.5 Å². The molecular formula is C40H32F6N2O7. The van der Waals surface area contributed by atoms with Crippen molar-refractivity contribution in [2.75, 3.05) is 11.9 Å². The highest BCUT2D eigenvalue weighted by Gasteiger charge is 2.55. The minimum Gasteiger partial charge on any atom is -0.376 e. The molecule has 55 heavy (non-hydrogen) atoms. The molecule has 0 radical (unpaired) electrons. The number of anilines is 1. The van der Waals surface area contributed by atoms with Gasteiger partial charge in [-0.2, -0.15) is 26.3 Å². The van der Waals surface area contributed by atoms with E-state index in [2.05, 4.69) is 0 Å². The number of carbonyl (C=O) groups is 5. The van der Waals surface area contributed by atoms with Crippen LogP contribution in [0, 0.1) is 20.8 Å². The summed E-state index contributed by atoms with van der Waals surface area (Å²) in [6.07, 6.45) is -10.7. The minimum absolute atomic E-state index is 0.00811. The van der Waals surface area contributed by atoms with E-state index in [1.165, 1.54) is 64.2 Å². The Kier molecular flexibility index (Phi) is 9.01. The van der Waals surface area contributed by atoms with E-state index >= 15 is 0 Å². The largest absolute Gasteiger partial charge is 0.421 e. The van der Waals surface area contributed by atoms with Crippen LogP contribution in [0.2, 0.25) is 0 Å². The summed E-state index contributed by atoms with van der Waals surface area (Å²) in [6, 6.07) is 12.2. The maximum Gasteiger partial charge on any atom is 0.421 e. The van der Waals surface area contributed by atoms with Crippen LogP contribution in [0.1, 0.15) is 110 Å². The lowest BCUT2D eigenvalue weighted by Crippen LogP contribution is -2.42. The molecule has 4 aromatic carbocycles. The molecule has 286 valence electrons. The number of carbonyl (C=O) groups excluding carboxylic acids is 5. The zero-order valence-corrected chi connectivity index (χ0v) is 30.1. The van der Waals surface area contributed by atoms with Crippen LogP contribution >= 0.6 is 0 Å². The maximum absolute atomic E-state index is 14.5. The minimum atomic E-state index is -5.35. The molecular weight excluding hydrogens is 734 g/mol. The Bertz CT molecular complexity index is 2390. The molecule has 2 aliphatic heterocycles. The second-order valence-corrected chi connectivity index (χ2v) is 14.2. The van der Waals surface area contributed by atoms with Crippen LogP contribution in [0.5, 0.6) is 0 Å². The molecule has 0 saturated carbocycles. The molecule has 2 unspecified atom stereocenters. The molecule has 15 heteroatoms. The van der Waals surface area contributed by atoms with Crippen LogP contribution in [0.15, 0.2) is 60.7 Å². The number of ketones is 1. The van der Waals surface area contributed by atoms with Gasteiger partial charge in [-0.05, 0) is 98.7 Å². The number of aryl methyl sites for hydroxylation is 2. The Labute approximate surface area is 309 Å². The fourth-order valence-electron chi connectivity index (χ4n) is 6.96. The molecule has 0 spiro atoms. The fraction of sp³-hybridized carbons (Fsp3) is 0.275. The SMILES string of the molecule is Cc1cc(Cc2cc(C)c(N3C(=O)c4ccc(C(=O)c5ccc6c(c5)C(=O)N(C)C6=O)cc4C3=O)c(C(C)(O)C(F)(F)F)c2)cc(C(C)(O)C(F)(F)F)c1C. The number of nitrogens with zero attached hydrogens (tertiary/aromatic N) is 2. The number of benzene rings is 4. The predicted molar refractivity (Wildman–Crippen MR) is 185 cm³/mol. The van der Waals surface area contributed by atoms with Gasteiger partial charge < -0.3 is 10.2 Å². The monoisotopic (exact) mass is 766 g/mol. The van der Waals surface area contributed by atoms with Crippen LogP contribution in [-0.4, -0.2) is 63.9 Å². The van der Waals surface area contributed by atoms with Gasteiger partial charge in [0.15, 0.2) is 17.0 Å². The standard InChI is InChI=1S/C40H32F6N2O7/c1-18-11-21(14-29(20(18)3)37(4,54)39(41,42)43)13-22-12-19(2)31(30(15-22)38(5,55)40(44,45)46)48-35(52)26-10-8-24(17-28(26)36(48)53)32(49)23-7-9-25-27(16-23)34(51)47(6)33(25)50/h7-12,14-17,54-55H,13H2,1-6H3. The van der Waals surface area contributed by atoms with Crippen molar-refractivity contribution in [2.24, 2.45) is 0 Å². The van der Waals surface area contributed by atoms with Gasteiger partial charge in [-0.25, -0.2) is 4.90 Å². The summed E-state index contributed by atoms with van der Waals surface area (Å²) in [5, 5.41) is 21.5. The highest BCUT2D eigenvalue weighted by Crippen LogP contribution is 2.47. The zero-order valence-electron chi connectivity index (χ0n) is 30.1. The Morgan fingerprint density at radius 3 is 1.55 bits per heavy atom. The molecule has 2 aliphatic rings. The summed E-state index contributed by atoms with van der Waals surface area (Å²) < 4.78 is 85.1. The van der Waals surface area contributed by atoms with E-state index in [1.807, 2.05) is 0 Å². The third kappa shape index (κ3) is 6.11. The third-order valence-electron chi connectivity index (χ3n) is 10.4. The third-order valence-corrected chi connectivity index (χ3v) is 10.4. The van der Waals surface area contributed by atoms with E-state index in [0.29, 0.717) is 24.3 Å². The number of alkyl halides is 6. The van der Waals surface area contributed by atoms with E-state index in [4.69, 9.17) is 0 Å². The summed E-state index contributed by atoms with van der Waals surface area (Å²) >= 11 is 0. The number of fused-ring (bicyclic) bond motifs is 2. The maximum atomic E-state index is 14.5. The van der Waals surface area contributed by atoms with Gasteiger partial charge in [0.25, 0.3) is 23.6 Å². The van der Waals surface area contributed by atoms with Crippen LogP contribution in [-0.2, 0) is 17.6 Å². The number of hydrogen-bond donors (Lipinski definition) is 2. The predicted octanol–water partition coefficient (Wildman–Crippen LogP) is 7.00. The molecule has 9 nitrogen and oxygen atoms in total. The lowest BCUT2D eigenvalue weighted by Gasteiger charge is -2.32. The van der Waals surface area contributed by atoms with Crippen LogP contribution in [0.3, 0.4) is 0 Å². The lowest BCUT2D eigenvalue weighted by atomic mass is 9.85. The number of amides is 4. The number of rotatable bonds is 7. The highest BCUT2D eigenvalue weighted by molar-refractivity contribution is 6.35. The van der Waals surface area contributed by atoms with Crippen molar-refractivity contribution in [3.8, 4) is 0 Å². The van der Waals surface area contributed by atoms with Gasteiger partial charge in [-0.15, -0.1) is 0 Å². The average molecular weight is 767 g/mol. The van der Waals surface area contributed by atoms with Gasteiger partial charge in [0.05, 0.1) is 27.9 Å². The number of halogens is 6. The quantitative estimate of drug-likeness (QED) is 0.118. The number of imide groups is 2. The lowest BCUT2D eigenvalue weighted by molar-refractivity contribution is -0.259. The van der Waals surface area contributed by atoms with Gasteiger partial charge >= 0.3 is 12.4 Å². The first kappa shape index (κ1) is 39.0. The summed E-state index contributed by atoms with van der Waals surface area (Å²) in [7, 11) is 1.28. The second-order valence-electron chi connectivity index (χ2n) is 14.2. The summed E-state index contributed by atoms with van der Waals surface area (Å²) in [6.45, 7) is 5.23. The van der Waals surface area contributed by atoms with Crippen molar-refractivity contribution in [3.05, 3.63) is 133 Å². The summed E-state index contributed by atoms with van der Waals surface area (Å²) in [4.78, 5) is 67.4. The van der Waals surface area contributed by atoms with Crippen molar-refractivity contribution in [2.45, 2.75) is 64.6 Å². The van der Waals surface area contributed by atoms with Crippen LogP contribution < -0.4 is 4.90 Å². The Morgan fingerprint density at radius 1 is 0.600 bits per heavy atom. The van der Waals surface area contributed by atoms with Gasteiger partial charge in [0.2, 0.25) is 0 Å². The molecule has 2 heterocycles. The van der Waals surface area contributed by atoms with Gasteiger partial charge in [-0.3, -0.25) is 28.9 Å². The van der Waals surface area contributed by atoms with Crippen molar-refractivity contribution in [1.82, 2.24) is 4.90 Å². The highest BCUT2D eigenvalue weighted by atomic mass is 19.4. The molecule has 2 atom stereocenters. The smallest absolute Gasteiger partial charge is 0.376 e. The molecule has 4 amide bonds. The average Bonchev–Trinajstić information content (AvgIpc) is 3.46. The molecule has 0 saturated heterocycles. The first-order chi connectivity index (χ1) is 25.3. The van der Waals surface area contributed by atoms with Crippen LogP contribution in [0.4, 0.5) is 32.0 Å². The van der Waals surface area contributed by atoms with Crippen LogP contribution in [0.25, 0.3) is 0 Å².